The van der Waals surface area contributed by atoms with E-state index in [4.69, 9.17) is 4.74 Å². The van der Waals surface area contributed by atoms with Gasteiger partial charge >= 0.3 is 0 Å². The van der Waals surface area contributed by atoms with E-state index in [0.29, 0.717) is 18.7 Å². The summed E-state index contributed by atoms with van der Waals surface area (Å²) in [5.74, 6) is 0.651. The van der Waals surface area contributed by atoms with Crippen LogP contribution in [0.4, 0.5) is 0 Å². The van der Waals surface area contributed by atoms with Crippen LogP contribution in [0.3, 0.4) is 0 Å². The maximum Gasteiger partial charge on any atom is 0.251 e. The fraction of sp³-hybridized carbons (Fsp3) is 0.316. The first-order chi connectivity index (χ1) is 11.3. The van der Waals surface area contributed by atoms with Crippen LogP contribution in [0.25, 0.3) is 0 Å². The van der Waals surface area contributed by atoms with Gasteiger partial charge in [-0.05, 0) is 49.2 Å². The predicted molar refractivity (Wildman–Crippen MR) is 90.8 cm³/mol. The molecule has 0 aliphatic carbocycles. The smallest absolute Gasteiger partial charge is 0.251 e. The average molecular weight is 310 g/mol. The number of nitrogens with one attached hydrogen (secondary N) is 2. The fourth-order valence-electron chi connectivity index (χ4n) is 2.97. The molecule has 0 saturated carbocycles. The number of ether oxygens (including phenoxy) is 1. The number of carbonyl (C=O) groups is 1. The quantitative estimate of drug-likeness (QED) is 0.893. The maximum absolute atomic E-state index is 12.4. The molecule has 2 aromatic carbocycles. The van der Waals surface area contributed by atoms with Gasteiger partial charge in [0, 0.05) is 18.2 Å². The highest BCUT2D eigenvalue weighted by atomic mass is 16.5. The molecule has 1 unspecified atom stereocenters. The van der Waals surface area contributed by atoms with Crippen molar-refractivity contribution in [3.8, 4) is 5.75 Å². The molecule has 23 heavy (non-hydrogen) atoms. The minimum Gasteiger partial charge on any atom is -0.494 e. The van der Waals surface area contributed by atoms with Crippen molar-refractivity contribution in [2.24, 2.45) is 0 Å². The summed E-state index contributed by atoms with van der Waals surface area (Å²) in [6.07, 6.45) is 1.04. The first-order valence-electron chi connectivity index (χ1n) is 8.10. The Labute approximate surface area is 136 Å². The molecule has 120 valence electrons. The average Bonchev–Trinajstić information content (AvgIpc) is 2.60. The van der Waals surface area contributed by atoms with Crippen LogP contribution in [0.2, 0.25) is 0 Å². The maximum atomic E-state index is 12.4. The SMILES string of the molecule is CCOc1cccc(C(=O)NCC2NCCc3ccccc32)c1. The molecule has 4 heteroatoms. The Balaban J connectivity index is 1.65. The first-order valence-corrected chi connectivity index (χ1v) is 8.10. The number of amides is 1. The van der Waals surface area contributed by atoms with E-state index in [-0.39, 0.29) is 11.9 Å². The van der Waals surface area contributed by atoms with Gasteiger partial charge in [-0.15, -0.1) is 0 Å². The highest BCUT2D eigenvalue weighted by Gasteiger charge is 2.19. The Morgan fingerprint density at radius 1 is 1.26 bits per heavy atom. The normalized spacial score (nSPS) is 16.5. The topological polar surface area (TPSA) is 50.4 Å². The van der Waals surface area contributed by atoms with E-state index in [1.54, 1.807) is 12.1 Å². The van der Waals surface area contributed by atoms with Gasteiger partial charge in [-0.1, -0.05) is 30.3 Å². The van der Waals surface area contributed by atoms with E-state index in [2.05, 4.69) is 28.8 Å². The summed E-state index contributed by atoms with van der Waals surface area (Å²) >= 11 is 0. The van der Waals surface area contributed by atoms with Crippen LogP contribution in [-0.4, -0.2) is 25.6 Å². The number of benzene rings is 2. The van der Waals surface area contributed by atoms with E-state index in [9.17, 15) is 4.79 Å². The Morgan fingerprint density at radius 2 is 2.13 bits per heavy atom. The van der Waals surface area contributed by atoms with E-state index in [0.717, 1.165) is 18.7 Å². The summed E-state index contributed by atoms with van der Waals surface area (Å²) in [6, 6.07) is 15.9. The van der Waals surface area contributed by atoms with Crippen molar-refractivity contribution in [2.45, 2.75) is 19.4 Å². The van der Waals surface area contributed by atoms with E-state index < -0.39 is 0 Å². The summed E-state index contributed by atoms with van der Waals surface area (Å²) in [4.78, 5) is 12.4. The summed E-state index contributed by atoms with van der Waals surface area (Å²) in [6.45, 7) is 4.04. The third-order valence-electron chi connectivity index (χ3n) is 4.09. The molecule has 1 aliphatic rings. The fourth-order valence-corrected chi connectivity index (χ4v) is 2.97. The van der Waals surface area contributed by atoms with Gasteiger partial charge in [0.1, 0.15) is 5.75 Å². The van der Waals surface area contributed by atoms with Gasteiger partial charge in [0.05, 0.1) is 6.61 Å². The largest absolute Gasteiger partial charge is 0.494 e. The molecule has 0 aromatic heterocycles. The van der Waals surface area contributed by atoms with Crippen molar-refractivity contribution < 1.29 is 9.53 Å². The number of fused-ring (bicyclic) bond motifs is 1. The zero-order valence-electron chi connectivity index (χ0n) is 13.3. The Bertz CT molecular complexity index is 685. The molecule has 1 aliphatic heterocycles. The van der Waals surface area contributed by atoms with Gasteiger partial charge in [0.2, 0.25) is 0 Å². The van der Waals surface area contributed by atoms with Crippen LogP contribution in [0.1, 0.15) is 34.5 Å². The minimum atomic E-state index is -0.0728. The zero-order valence-corrected chi connectivity index (χ0v) is 13.3. The molecule has 0 saturated heterocycles. The lowest BCUT2D eigenvalue weighted by molar-refractivity contribution is 0.0948. The lowest BCUT2D eigenvalue weighted by Crippen LogP contribution is -2.38. The molecule has 1 atom stereocenters. The second-order valence-electron chi connectivity index (χ2n) is 5.63. The van der Waals surface area contributed by atoms with Gasteiger partial charge in [-0.2, -0.15) is 0 Å². The molecule has 0 bridgehead atoms. The summed E-state index contributed by atoms with van der Waals surface area (Å²) in [5.41, 5.74) is 3.27. The third kappa shape index (κ3) is 3.71. The highest BCUT2D eigenvalue weighted by Crippen LogP contribution is 2.22. The van der Waals surface area contributed by atoms with E-state index in [1.807, 2.05) is 25.1 Å². The molecule has 3 rings (SSSR count). The number of hydrogen-bond donors (Lipinski definition) is 2. The van der Waals surface area contributed by atoms with Crippen molar-refractivity contribution in [3.63, 3.8) is 0 Å². The number of hydrogen-bond acceptors (Lipinski definition) is 3. The second-order valence-corrected chi connectivity index (χ2v) is 5.63. The van der Waals surface area contributed by atoms with Gasteiger partial charge in [-0.25, -0.2) is 0 Å². The molecular formula is C19H22N2O2. The van der Waals surface area contributed by atoms with E-state index >= 15 is 0 Å². The molecule has 0 radical (unpaired) electrons. The van der Waals surface area contributed by atoms with Crippen LogP contribution in [0.5, 0.6) is 5.75 Å². The van der Waals surface area contributed by atoms with Gasteiger partial charge in [0.15, 0.2) is 0 Å². The van der Waals surface area contributed by atoms with Crippen LogP contribution in [0.15, 0.2) is 48.5 Å². The first kappa shape index (κ1) is 15.6. The van der Waals surface area contributed by atoms with Gasteiger partial charge in [-0.3, -0.25) is 4.79 Å². The van der Waals surface area contributed by atoms with Crippen molar-refractivity contribution in [2.75, 3.05) is 19.7 Å². The highest BCUT2D eigenvalue weighted by molar-refractivity contribution is 5.94. The summed E-state index contributed by atoms with van der Waals surface area (Å²) < 4.78 is 5.45. The van der Waals surface area contributed by atoms with Crippen LogP contribution in [0, 0.1) is 0 Å². The molecule has 2 aromatic rings. The molecule has 2 N–H and O–H groups in total. The molecule has 1 heterocycles. The molecule has 0 spiro atoms. The molecular weight excluding hydrogens is 288 g/mol. The number of carbonyl (C=O) groups excluding carboxylic acids is 1. The molecule has 0 fully saturated rings. The Hall–Kier alpha value is -2.33. The van der Waals surface area contributed by atoms with Crippen LogP contribution in [-0.2, 0) is 6.42 Å². The van der Waals surface area contributed by atoms with Crippen molar-refractivity contribution >= 4 is 5.91 Å². The second kappa shape index (κ2) is 7.29. The molecule has 4 nitrogen and oxygen atoms in total. The Kier molecular flexibility index (Phi) is 4.93. The third-order valence-corrected chi connectivity index (χ3v) is 4.09. The predicted octanol–water partition coefficient (Wildman–Crippen LogP) is 2.70. The lowest BCUT2D eigenvalue weighted by Gasteiger charge is -2.27. The van der Waals surface area contributed by atoms with Crippen LogP contribution >= 0.6 is 0 Å². The van der Waals surface area contributed by atoms with E-state index in [1.165, 1.54) is 11.1 Å². The standard InChI is InChI=1S/C19H22N2O2/c1-2-23-16-8-5-7-15(12-16)19(22)21-13-18-17-9-4-3-6-14(17)10-11-20-18/h3-9,12,18,20H,2,10-11,13H2,1H3,(H,21,22). The van der Waals surface area contributed by atoms with Gasteiger partial charge < -0.3 is 15.4 Å². The Morgan fingerprint density at radius 3 is 3.00 bits per heavy atom. The lowest BCUT2D eigenvalue weighted by atomic mass is 9.94. The van der Waals surface area contributed by atoms with Crippen molar-refractivity contribution in [1.29, 1.82) is 0 Å². The van der Waals surface area contributed by atoms with Crippen molar-refractivity contribution in [3.05, 3.63) is 65.2 Å². The van der Waals surface area contributed by atoms with Crippen molar-refractivity contribution in [1.82, 2.24) is 10.6 Å². The zero-order chi connectivity index (χ0) is 16.1. The minimum absolute atomic E-state index is 0.0728. The summed E-state index contributed by atoms with van der Waals surface area (Å²) in [5, 5.41) is 6.50. The molecule has 1 amide bonds. The van der Waals surface area contributed by atoms with Crippen LogP contribution < -0.4 is 15.4 Å². The summed E-state index contributed by atoms with van der Waals surface area (Å²) in [7, 11) is 0. The van der Waals surface area contributed by atoms with Gasteiger partial charge in [0.25, 0.3) is 5.91 Å². The monoisotopic (exact) mass is 310 g/mol. The number of rotatable bonds is 5.